The van der Waals surface area contributed by atoms with Gasteiger partial charge in [0.25, 0.3) is 0 Å². The van der Waals surface area contributed by atoms with E-state index in [0.717, 1.165) is 23.1 Å². The number of amides is 2. The first-order chi connectivity index (χ1) is 14.3. The molecular weight excluding hydrogens is 439 g/mol. The van der Waals surface area contributed by atoms with Gasteiger partial charge < -0.3 is 10.2 Å². The van der Waals surface area contributed by atoms with Crippen LogP contribution < -0.4 is 5.32 Å². The van der Waals surface area contributed by atoms with E-state index in [0.29, 0.717) is 28.9 Å². The molecule has 0 aliphatic carbocycles. The van der Waals surface area contributed by atoms with Crippen molar-refractivity contribution in [2.75, 3.05) is 12.3 Å². The quantitative estimate of drug-likeness (QED) is 0.504. The molecule has 2 amide bonds. The summed E-state index contributed by atoms with van der Waals surface area (Å²) in [5, 5.41) is 4.07. The van der Waals surface area contributed by atoms with E-state index < -0.39 is 6.04 Å². The van der Waals surface area contributed by atoms with E-state index in [4.69, 9.17) is 23.2 Å². The zero-order valence-corrected chi connectivity index (χ0v) is 19.9. The molecule has 0 fully saturated rings. The fourth-order valence-electron chi connectivity index (χ4n) is 2.92. The first-order valence-corrected chi connectivity index (χ1v) is 11.9. The largest absolute Gasteiger partial charge is 0.354 e. The monoisotopic (exact) mass is 466 g/mol. The zero-order chi connectivity index (χ0) is 22.1. The number of nitrogens with zero attached hydrogens (tertiary/aromatic N) is 1. The summed E-state index contributed by atoms with van der Waals surface area (Å²) in [6.07, 6.45) is 0.849. The molecule has 0 aromatic heterocycles. The third kappa shape index (κ3) is 7.22. The van der Waals surface area contributed by atoms with E-state index in [2.05, 4.69) is 5.32 Å². The highest BCUT2D eigenvalue weighted by Gasteiger charge is 2.26. The van der Waals surface area contributed by atoms with E-state index in [1.165, 1.54) is 11.8 Å². The first-order valence-electron chi connectivity index (χ1n) is 9.96. The molecule has 0 radical (unpaired) electrons. The van der Waals surface area contributed by atoms with Gasteiger partial charge in [-0.3, -0.25) is 9.59 Å². The molecule has 7 heteroatoms. The number of rotatable bonds is 10. The van der Waals surface area contributed by atoms with Crippen LogP contribution in [0, 0.1) is 6.92 Å². The minimum Gasteiger partial charge on any atom is -0.354 e. The Hall–Kier alpha value is -1.69. The van der Waals surface area contributed by atoms with E-state index in [-0.39, 0.29) is 17.6 Å². The fourth-order valence-corrected chi connectivity index (χ4v) is 4.39. The molecule has 162 valence electrons. The summed E-state index contributed by atoms with van der Waals surface area (Å²) in [5.74, 6) is 0.643. The Morgan fingerprint density at radius 2 is 1.87 bits per heavy atom. The lowest BCUT2D eigenvalue weighted by atomic mass is 10.1. The molecule has 0 bridgehead atoms. The predicted molar refractivity (Wildman–Crippen MR) is 127 cm³/mol. The SMILES string of the molecule is CCCNC(=O)C(C)N(Cc1ccccc1C)C(=O)CSCc1ccc(Cl)cc1Cl. The van der Waals surface area contributed by atoms with Gasteiger partial charge in [0.1, 0.15) is 6.04 Å². The molecule has 0 saturated carbocycles. The fraction of sp³-hybridized carbons (Fsp3) is 0.391. The van der Waals surface area contributed by atoms with Crippen LogP contribution in [0.5, 0.6) is 0 Å². The Labute approximate surface area is 193 Å². The van der Waals surface area contributed by atoms with Gasteiger partial charge in [-0.15, -0.1) is 11.8 Å². The summed E-state index contributed by atoms with van der Waals surface area (Å²) >= 11 is 13.6. The molecule has 0 aliphatic heterocycles. The Bertz CT molecular complexity index is 876. The predicted octanol–water partition coefficient (Wildman–Crippen LogP) is 5.48. The summed E-state index contributed by atoms with van der Waals surface area (Å²) in [6.45, 7) is 6.78. The van der Waals surface area contributed by atoms with E-state index in [1.807, 2.05) is 44.2 Å². The molecular formula is C23H28Cl2N2O2S. The Morgan fingerprint density at radius 1 is 1.13 bits per heavy atom. The van der Waals surface area contributed by atoms with Gasteiger partial charge in [0, 0.05) is 28.9 Å². The maximum absolute atomic E-state index is 13.1. The van der Waals surface area contributed by atoms with Crippen LogP contribution in [0.25, 0.3) is 0 Å². The van der Waals surface area contributed by atoms with Crippen molar-refractivity contribution in [3.8, 4) is 0 Å². The molecule has 0 heterocycles. The highest BCUT2D eigenvalue weighted by Crippen LogP contribution is 2.25. The van der Waals surface area contributed by atoms with Gasteiger partial charge in [-0.05, 0) is 49.1 Å². The van der Waals surface area contributed by atoms with E-state index in [9.17, 15) is 9.59 Å². The second kappa shape index (κ2) is 12.2. The minimum absolute atomic E-state index is 0.0764. The van der Waals surface area contributed by atoms with Crippen LogP contribution in [0.3, 0.4) is 0 Å². The molecule has 2 aromatic carbocycles. The highest BCUT2D eigenvalue weighted by molar-refractivity contribution is 7.99. The number of carbonyl (C=O) groups is 2. The van der Waals surface area contributed by atoms with Crippen molar-refractivity contribution in [3.63, 3.8) is 0 Å². The lowest BCUT2D eigenvalue weighted by molar-refractivity contribution is -0.138. The van der Waals surface area contributed by atoms with E-state index >= 15 is 0 Å². The maximum atomic E-state index is 13.1. The standard InChI is InChI=1S/C23H28Cl2N2O2S/c1-4-11-26-23(29)17(3)27(13-18-8-6-5-7-16(18)2)22(28)15-30-14-19-9-10-20(24)12-21(19)25/h5-10,12,17H,4,11,13-15H2,1-3H3,(H,26,29). The maximum Gasteiger partial charge on any atom is 0.242 e. The second-order valence-electron chi connectivity index (χ2n) is 7.14. The Morgan fingerprint density at radius 3 is 2.53 bits per heavy atom. The lowest BCUT2D eigenvalue weighted by Crippen LogP contribution is -2.48. The number of hydrogen-bond donors (Lipinski definition) is 1. The first kappa shape index (κ1) is 24.6. The lowest BCUT2D eigenvalue weighted by Gasteiger charge is -2.29. The number of halogens is 2. The van der Waals surface area contributed by atoms with Crippen molar-refractivity contribution in [1.82, 2.24) is 10.2 Å². The number of nitrogens with one attached hydrogen (secondary N) is 1. The van der Waals surface area contributed by atoms with Crippen LogP contribution in [-0.4, -0.2) is 35.1 Å². The molecule has 30 heavy (non-hydrogen) atoms. The van der Waals surface area contributed by atoms with Gasteiger partial charge in [0.2, 0.25) is 11.8 Å². The van der Waals surface area contributed by atoms with Gasteiger partial charge in [0.15, 0.2) is 0 Å². The Balaban J connectivity index is 2.08. The summed E-state index contributed by atoms with van der Waals surface area (Å²) in [6, 6.07) is 12.7. The Kier molecular flexibility index (Phi) is 10.0. The summed E-state index contributed by atoms with van der Waals surface area (Å²) in [7, 11) is 0. The van der Waals surface area contributed by atoms with Crippen molar-refractivity contribution in [3.05, 3.63) is 69.2 Å². The van der Waals surface area contributed by atoms with Crippen LogP contribution in [0.1, 0.15) is 37.0 Å². The van der Waals surface area contributed by atoms with Crippen LogP contribution in [0.4, 0.5) is 0 Å². The summed E-state index contributed by atoms with van der Waals surface area (Å²) in [4.78, 5) is 27.3. The van der Waals surface area contributed by atoms with Crippen LogP contribution in [0.15, 0.2) is 42.5 Å². The molecule has 0 spiro atoms. The van der Waals surface area contributed by atoms with E-state index in [1.54, 1.807) is 24.0 Å². The third-order valence-corrected chi connectivity index (χ3v) is 6.37. The van der Waals surface area contributed by atoms with Crippen molar-refractivity contribution < 1.29 is 9.59 Å². The highest BCUT2D eigenvalue weighted by atomic mass is 35.5. The second-order valence-corrected chi connectivity index (χ2v) is 8.97. The van der Waals surface area contributed by atoms with Gasteiger partial charge in [0.05, 0.1) is 5.75 Å². The zero-order valence-electron chi connectivity index (χ0n) is 17.6. The minimum atomic E-state index is -0.552. The summed E-state index contributed by atoms with van der Waals surface area (Å²) < 4.78 is 0. The van der Waals surface area contributed by atoms with Crippen LogP contribution in [0.2, 0.25) is 10.0 Å². The smallest absolute Gasteiger partial charge is 0.242 e. The van der Waals surface area contributed by atoms with Crippen molar-refractivity contribution >= 4 is 46.8 Å². The van der Waals surface area contributed by atoms with Crippen molar-refractivity contribution in [2.45, 2.75) is 45.5 Å². The average Bonchev–Trinajstić information content (AvgIpc) is 2.72. The van der Waals surface area contributed by atoms with Crippen LogP contribution in [-0.2, 0) is 21.9 Å². The van der Waals surface area contributed by atoms with Gasteiger partial charge in [-0.25, -0.2) is 0 Å². The molecule has 1 atom stereocenters. The van der Waals surface area contributed by atoms with Crippen molar-refractivity contribution in [2.24, 2.45) is 0 Å². The molecule has 2 aromatic rings. The van der Waals surface area contributed by atoms with Gasteiger partial charge in [-0.1, -0.05) is 60.5 Å². The number of carbonyl (C=O) groups excluding carboxylic acids is 2. The summed E-state index contributed by atoms with van der Waals surface area (Å²) in [5.41, 5.74) is 3.06. The number of hydrogen-bond acceptors (Lipinski definition) is 3. The molecule has 2 rings (SSSR count). The number of thioether (sulfide) groups is 1. The van der Waals surface area contributed by atoms with Gasteiger partial charge >= 0.3 is 0 Å². The number of benzene rings is 2. The number of aryl methyl sites for hydroxylation is 1. The normalized spacial score (nSPS) is 11.8. The molecule has 1 N–H and O–H groups in total. The molecule has 1 unspecified atom stereocenters. The van der Waals surface area contributed by atoms with Crippen molar-refractivity contribution in [1.29, 1.82) is 0 Å². The van der Waals surface area contributed by atoms with Gasteiger partial charge in [-0.2, -0.15) is 0 Å². The molecule has 4 nitrogen and oxygen atoms in total. The third-order valence-electron chi connectivity index (χ3n) is 4.82. The topological polar surface area (TPSA) is 49.4 Å². The molecule has 0 saturated heterocycles. The average molecular weight is 467 g/mol. The van der Waals surface area contributed by atoms with Crippen LogP contribution >= 0.6 is 35.0 Å². The molecule has 0 aliphatic rings.